The van der Waals surface area contributed by atoms with Gasteiger partial charge in [-0.15, -0.1) is 11.3 Å². The Morgan fingerprint density at radius 2 is 1.77 bits per heavy atom. The van der Waals surface area contributed by atoms with Crippen molar-refractivity contribution in [3.63, 3.8) is 0 Å². The molecular weight excluding hydrogens is 565 g/mol. The third-order valence-corrected chi connectivity index (χ3v) is 8.85. The van der Waals surface area contributed by atoms with Gasteiger partial charge in [-0.05, 0) is 60.0 Å². The van der Waals surface area contributed by atoms with E-state index in [9.17, 15) is 9.59 Å². The van der Waals surface area contributed by atoms with Crippen molar-refractivity contribution in [1.82, 2.24) is 20.9 Å². The predicted octanol–water partition coefficient (Wildman–Crippen LogP) is 5.11. The van der Waals surface area contributed by atoms with E-state index in [0.29, 0.717) is 29.6 Å². The van der Waals surface area contributed by atoms with Crippen LogP contribution in [0.5, 0.6) is 0 Å². The van der Waals surface area contributed by atoms with Crippen LogP contribution < -0.4 is 20.9 Å². The van der Waals surface area contributed by atoms with E-state index in [1.54, 1.807) is 23.5 Å². The van der Waals surface area contributed by atoms with Gasteiger partial charge >= 0.3 is 6.03 Å². The van der Waals surface area contributed by atoms with Gasteiger partial charge in [0, 0.05) is 72.3 Å². The molecule has 3 aromatic rings. The third kappa shape index (κ3) is 7.91. The number of halogens is 2. The van der Waals surface area contributed by atoms with Gasteiger partial charge in [-0.1, -0.05) is 53.5 Å². The first-order valence-electron chi connectivity index (χ1n) is 13.8. The lowest BCUT2D eigenvalue weighted by atomic mass is 10.0. The van der Waals surface area contributed by atoms with Crippen LogP contribution in [0.1, 0.15) is 28.8 Å². The first-order valence-corrected chi connectivity index (χ1v) is 15.5. The molecule has 0 radical (unpaired) electrons. The van der Waals surface area contributed by atoms with Crippen molar-refractivity contribution >= 4 is 52.2 Å². The van der Waals surface area contributed by atoms with Gasteiger partial charge in [-0.3, -0.25) is 4.79 Å². The summed E-state index contributed by atoms with van der Waals surface area (Å²) in [6, 6.07) is 17.1. The van der Waals surface area contributed by atoms with Crippen LogP contribution in [0, 0.1) is 0 Å². The highest BCUT2D eigenvalue weighted by atomic mass is 35.5. The lowest BCUT2D eigenvalue weighted by Crippen LogP contribution is -2.57. The number of amides is 3. The molecule has 3 amide bonds. The molecule has 0 unspecified atom stereocenters. The van der Waals surface area contributed by atoms with Gasteiger partial charge in [0.2, 0.25) is 5.91 Å². The first kappa shape index (κ1) is 28.7. The lowest BCUT2D eigenvalue weighted by Gasteiger charge is -2.38. The number of para-hydroxylation sites is 1. The summed E-state index contributed by atoms with van der Waals surface area (Å²) in [5, 5.41) is 12.6. The van der Waals surface area contributed by atoms with E-state index in [4.69, 9.17) is 23.2 Å². The van der Waals surface area contributed by atoms with Crippen molar-refractivity contribution in [1.29, 1.82) is 0 Å². The van der Waals surface area contributed by atoms with Crippen LogP contribution in [0.15, 0.2) is 60.0 Å². The van der Waals surface area contributed by atoms with Crippen molar-refractivity contribution in [2.24, 2.45) is 0 Å². The SMILES string of the molecule is O=C(NC1CC1)N[C@H](Cc1ccc(Cl)cc1Cl)C(=O)N1CCN(c2ccccc2CNCCc2cccs2)CC1. The number of piperazine rings is 1. The fourth-order valence-corrected chi connectivity index (χ4v) is 6.16. The van der Waals surface area contributed by atoms with Crippen LogP contribution in [0.3, 0.4) is 0 Å². The second-order valence-electron chi connectivity index (χ2n) is 10.3. The number of nitrogens with one attached hydrogen (secondary N) is 3. The number of nitrogens with zero attached hydrogens (tertiary/aromatic N) is 2. The minimum atomic E-state index is -0.719. The molecule has 1 saturated carbocycles. The van der Waals surface area contributed by atoms with Gasteiger partial charge in [0.15, 0.2) is 0 Å². The highest BCUT2D eigenvalue weighted by Gasteiger charge is 2.31. The van der Waals surface area contributed by atoms with Crippen molar-refractivity contribution in [2.75, 3.05) is 37.6 Å². The molecule has 7 nitrogen and oxygen atoms in total. The number of carbonyl (C=O) groups is 2. The number of hydrogen-bond donors (Lipinski definition) is 3. The Balaban J connectivity index is 1.19. The first-order chi connectivity index (χ1) is 19.5. The van der Waals surface area contributed by atoms with Crippen LogP contribution in [-0.2, 0) is 24.2 Å². The molecule has 212 valence electrons. The van der Waals surface area contributed by atoms with Crippen molar-refractivity contribution in [2.45, 2.75) is 44.3 Å². The highest BCUT2D eigenvalue weighted by Crippen LogP contribution is 2.25. The Labute approximate surface area is 249 Å². The standard InChI is InChI=1S/C30H35Cl2N5O2S/c31-23-8-7-21(26(32)19-23)18-27(35-30(39)34-24-9-10-24)29(38)37-15-13-36(14-16-37)28-6-2-1-4-22(28)20-33-12-11-25-5-3-17-40-25/h1-8,17,19,24,27,33H,9-16,18,20H2,(H2,34,35,39)/t27-/m1/s1. The fourth-order valence-electron chi connectivity index (χ4n) is 4.97. The average Bonchev–Trinajstić information content (AvgIpc) is 3.61. The zero-order valence-electron chi connectivity index (χ0n) is 22.4. The summed E-state index contributed by atoms with van der Waals surface area (Å²) in [7, 11) is 0. The number of hydrogen-bond acceptors (Lipinski definition) is 5. The summed E-state index contributed by atoms with van der Waals surface area (Å²) in [6.45, 7) is 4.33. The van der Waals surface area contributed by atoms with Crippen molar-refractivity contribution in [3.8, 4) is 0 Å². The zero-order valence-corrected chi connectivity index (χ0v) is 24.7. The molecule has 1 aliphatic heterocycles. The van der Waals surface area contributed by atoms with E-state index < -0.39 is 6.04 Å². The number of urea groups is 1. The Kier molecular flexibility index (Phi) is 9.86. The molecule has 1 aliphatic carbocycles. The number of thiophene rings is 1. The van der Waals surface area contributed by atoms with Crippen LogP contribution in [0.25, 0.3) is 0 Å². The Bertz CT molecular complexity index is 1290. The summed E-state index contributed by atoms with van der Waals surface area (Å²) in [6.07, 6.45) is 3.27. The summed E-state index contributed by atoms with van der Waals surface area (Å²) in [5.41, 5.74) is 3.22. The van der Waals surface area contributed by atoms with E-state index in [2.05, 4.69) is 62.6 Å². The minimum Gasteiger partial charge on any atom is -0.368 e. The molecule has 0 spiro atoms. The fraction of sp³-hybridized carbons (Fsp3) is 0.400. The normalized spacial score (nSPS) is 16.1. The molecular formula is C30H35Cl2N5O2S. The average molecular weight is 601 g/mol. The molecule has 1 saturated heterocycles. The van der Waals surface area contributed by atoms with Crippen LogP contribution in [0.4, 0.5) is 10.5 Å². The molecule has 2 aliphatic rings. The monoisotopic (exact) mass is 599 g/mol. The molecule has 0 bridgehead atoms. The second-order valence-corrected chi connectivity index (χ2v) is 12.2. The van der Waals surface area contributed by atoms with Crippen LogP contribution >= 0.6 is 34.5 Å². The van der Waals surface area contributed by atoms with E-state index in [0.717, 1.165) is 51.0 Å². The predicted molar refractivity (Wildman–Crippen MR) is 164 cm³/mol. The van der Waals surface area contributed by atoms with Crippen LogP contribution in [0.2, 0.25) is 10.0 Å². The molecule has 1 aromatic heterocycles. The molecule has 3 N–H and O–H groups in total. The topological polar surface area (TPSA) is 76.7 Å². The molecule has 1 atom stereocenters. The molecule has 2 heterocycles. The summed E-state index contributed by atoms with van der Waals surface area (Å²) in [4.78, 5) is 31.9. The quantitative estimate of drug-likeness (QED) is 0.268. The van der Waals surface area contributed by atoms with E-state index >= 15 is 0 Å². The Morgan fingerprint density at radius 3 is 2.50 bits per heavy atom. The van der Waals surface area contributed by atoms with Crippen molar-refractivity contribution in [3.05, 3.63) is 86.0 Å². The molecule has 2 aromatic carbocycles. The van der Waals surface area contributed by atoms with E-state index in [-0.39, 0.29) is 18.0 Å². The molecule has 10 heteroatoms. The Hall–Kier alpha value is -2.78. The van der Waals surface area contributed by atoms with E-state index in [1.165, 1.54) is 16.1 Å². The number of carbonyl (C=O) groups excluding carboxylic acids is 2. The summed E-state index contributed by atoms with van der Waals surface area (Å²) < 4.78 is 0. The van der Waals surface area contributed by atoms with Gasteiger partial charge in [0.1, 0.15) is 6.04 Å². The molecule has 5 rings (SSSR count). The molecule has 2 fully saturated rings. The third-order valence-electron chi connectivity index (χ3n) is 7.32. The van der Waals surface area contributed by atoms with Crippen LogP contribution in [-0.4, -0.2) is 61.6 Å². The minimum absolute atomic E-state index is 0.0971. The van der Waals surface area contributed by atoms with Gasteiger partial charge in [-0.25, -0.2) is 4.79 Å². The van der Waals surface area contributed by atoms with Gasteiger partial charge in [0.05, 0.1) is 0 Å². The highest BCUT2D eigenvalue weighted by molar-refractivity contribution is 7.09. The summed E-state index contributed by atoms with van der Waals surface area (Å²) in [5.74, 6) is -0.0971. The van der Waals surface area contributed by atoms with Gasteiger partial charge in [0.25, 0.3) is 0 Å². The maximum absolute atomic E-state index is 13.7. The largest absolute Gasteiger partial charge is 0.368 e. The number of rotatable bonds is 11. The maximum atomic E-state index is 13.7. The summed E-state index contributed by atoms with van der Waals surface area (Å²) >= 11 is 14.3. The molecule has 40 heavy (non-hydrogen) atoms. The van der Waals surface area contributed by atoms with E-state index in [1.807, 2.05) is 11.0 Å². The van der Waals surface area contributed by atoms with Gasteiger partial charge < -0.3 is 25.8 Å². The van der Waals surface area contributed by atoms with Crippen molar-refractivity contribution < 1.29 is 9.59 Å². The Morgan fingerprint density at radius 1 is 0.975 bits per heavy atom. The second kappa shape index (κ2) is 13.7. The maximum Gasteiger partial charge on any atom is 0.315 e. The number of benzene rings is 2. The lowest BCUT2D eigenvalue weighted by molar-refractivity contribution is -0.133. The van der Waals surface area contributed by atoms with Gasteiger partial charge in [-0.2, -0.15) is 0 Å². The smallest absolute Gasteiger partial charge is 0.315 e. The number of anilines is 1. The zero-order chi connectivity index (χ0) is 27.9.